The van der Waals surface area contributed by atoms with Gasteiger partial charge in [0.25, 0.3) is 0 Å². The summed E-state index contributed by atoms with van der Waals surface area (Å²) in [6.45, 7) is 17.1. The molecule has 0 aromatic carbocycles. The summed E-state index contributed by atoms with van der Waals surface area (Å²) in [4.78, 5) is 0. The van der Waals surface area contributed by atoms with Gasteiger partial charge in [-0.25, -0.2) is 0 Å². The molecule has 0 amide bonds. The zero-order valence-corrected chi connectivity index (χ0v) is 17.4. The van der Waals surface area contributed by atoms with Crippen molar-refractivity contribution in [1.29, 1.82) is 5.26 Å². The van der Waals surface area contributed by atoms with Crippen molar-refractivity contribution in [2.75, 3.05) is 6.61 Å². The van der Waals surface area contributed by atoms with E-state index in [2.05, 4.69) is 54.5 Å². The average Bonchev–Trinajstić information content (AvgIpc) is 2.93. The van der Waals surface area contributed by atoms with Gasteiger partial charge in [-0.05, 0) is 42.3 Å². The second-order valence-electron chi connectivity index (χ2n) is 8.08. The third-order valence-corrected chi connectivity index (χ3v) is 11.8. The Bertz CT molecular complexity index is 423. The van der Waals surface area contributed by atoms with Crippen LogP contribution >= 0.6 is 0 Å². The normalized spacial score (nSPS) is 17.4. The summed E-state index contributed by atoms with van der Waals surface area (Å²) in [6.07, 6.45) is 5.55. The maximum Gasteiger partial charge on any atom is 0.200 e. The number of rotatable bonds is 9. The van der Waals surface area contributed by atoms with Gasteiger partial charge in [0, 0.05) is 18.1 Å². The quantitative estimate of drug-likeness (QED) is 0.445. The first-order valence-corrected chi connectivity index (χ1v) is 11.7. The minimum atomic E-state index is -1.81. The molecule has 0 bridgehead atoms. The molecule has 1 atom stereocenters. The second-order valence-corrected chi connectivity index (χ2v) is 13.5. The Hall–Kier alpha value is -0.593. The first-order chi connectivity index (χ1) is 10.8. The molecule has 0 heterocycles. The Kier molecular flexibility index (Phi) is 8.04. The molecular formula is C20H37NOSi. The number of nitrogens with zero attached hydrogens (tertiary/aromatic N) is 1. The number of nitriles is 1. The number of hydrogen-bond donors (Lipinski definition) is 0. The molecule has 3 heteroatoms. The molecule has 0 radical (unpaired) electrons. The van der Waals surface area contributed by atoms with Crippen LogP contribution in [0.15, 0.2) is 11.1 Å². The Labute approximate surface area is 145 Å². The number of hydrogen-bond acceptors (Lipinski definition) is 2. The highest BCUT2D eigenvalue weighted by Gasteiger charge is 2.45. The molecule has 0 unspecified atom stereocenters. The fourth-order valence-corrected chi connectivity index (χ4v) is 10.3. The summed E-state index contributed by atoms with van der Waals surface area (Å²) in [7, 11) is -1.81. The van der Waals surface area contributed by atoms with Crippen LogP contribution in [0.3, 0.4) is 0 Å². The first kappa shape index (κ1) is 20.5. The van der Waals surface area contributed by atoms with Gasteiger partial charge in [0.2, 0.25) is 0 Å². The van der Waals surface area contributed by atoms with Crippen molar-refractivity contribution in [2.24, 2.45) is 5.92 Å². The molecule has 0 aliphatic heterocycles. The Morgan fingerprint density at radius 1 is 1.04 bits per heavy atom. The van der Waals surface area contributed by atoms with Gasteiger partial charge in [-0.3, -0.25) is 0 Å². The van der Waals surface area contributed by atoms with E-state index < -0.39 is 8.32 Å². The zero-order valence-electron chi connectivity index (χ0n) is 16.4. The van der Waals surface area contributed by atoms with Gasteiger partial charge in [0.1, 0.15) is 0 Å². The van der Waals surface area contributed by atoms with E-state index in [1.807, 2.05) is 0 Å². The second kappa shape index (κ2) is 9.04. The van der Waals surface area contributed by atoms with Gasteiger partial charge in [0.15, 0.2) is 8.32 Å². The van der Waals surface area contributed by atoms with Crippen molar-refractivity contribution < 1.29 is 4.43 Å². The Morgan fingerprint density at radius 3 is 2.04 bits per heavy atom. The maximum atomic E-state index is 9.41. The van der Waals surface area contributed by atoms with Crippen molar-refractivity contribution in [3.05, 3.63) is 11.1 Å². The lowest BCUT2D eigenvalue weighted by atomic mass is 9.92. The van der Waals surface area contributed by atoms with Gasteiger partial charge < -0.3 is 4.43 Å². The Morgan fingerprint density at radius 2 is 1.61 bits per heavy atom. The summed E-state index contributed by atoms with van der Waals surface area (Å²) in [5.41, 5.74) is 4.33. The molecule has 1 rings (SSSR count). The van der Waals surface area contributed by atoms with Crippen molar-refractivity contribution >= 4 is 8.32 Å². The lowest BCUT2D eigenvalue weighted by molar-refractivity contribution is 0.229. The van der Waals surface area contributed by atoms with E-state index in [1.165, 1.54) is 5.57 Å². The highest BCUT2D eigenvalue weighted by atomic mass is 28.4. The van der Waals surface area contributed by atoms with Crippen molar-refractivity contribution in [3.8, 4) is 6.07 Å². The SMILES string of the molecule is CCC[C@@H](CO[Si](C(C)C)(C(C)C)C(C)C)C1=C(C#N)CCC1. The van der Waals surface area contributed by atoms with Crippen LogP contribution in [0, 0.1) is 17.2 Å². The van der Waals surface area contributed by atoms with Gasteiger partial charge in [-0.2, -0.15) is 5.26 Å². The van der Waals surface area contributed by atoms with E-state index in [0.717, 1.165) is 44.3 Å². The third kappa shape index (κ3) is 4.48. The summed E-state index contributed by atoms with van der Waals surface area (Å²) in [5.74, 6) is 0.459. The molecular weight excluding hydrogens is 298 g/mol. The van der Waals surface area contributed by atoms with E-state index >= 15 is 0 Å². The lowest BCUT2D eigenvalue weighted by Crippen LogP contribution is -2.48. The van der Waals surface area contributed by atoms with E-state index in [0.29, 0.717) is 22.5 Å². The molecule has 0 saturated carbocycles. The summed E-state index contributed by atoms with van der Waals surface area (Å²) < 4.78 is 6.83. The highest BCUT2D eigenvalue weighted by Crippen LogP contribution is 2.43. The molecule has 0 saturated heterocycles. The van der Waals surface area contributed by atoms with Crippen LogP contribution in [0.4, 0.5) is 0 Å². The van der Waals surface area contributed by atoms with Crippen molar-refractivity contribution in [1.82, 2.24) is 0 Å². The maximum absolute atomic E-state index is 9.41. The average molecular weight is 336 g/mol. The number of allylic oxidation sites excluding steroid dienone is 1. The molecule has 0 aromatic rings. The van der Waals surface area contributed by atoms with Crippen LogP contribution in [-0.4, -0.2) is 14.9 Å². The molecule has 1 aliphatic rings. The molecule has 23 heavy (non-hydrogen) atoms. The van der Waals surface area contributed by atoms with Gasteiger partial charge >= 0.3 is 0 Å². The van der Waals surface area contributed by atoms with Crippen LogP contribution in [0.2, 0.25) is 16.6 Å². The van der Waals surface area contributed by atoms with E-state index in [4.69, 9.17) is 4.43 Å². The molecule has 1 aliphatic carbocycles. The minimum Gasteiger partial charge on any atom is -0.415 e. The summed E-state index contributed by atoms with van der Waals surface area (Å²) in [6, 6.07) is 2.45. The smallest absolute Gasteiger partial charge is 0.200 e. The largest absolute Gasteiger partial charge is 0.415 e. The van der Waals surface area contributed by atoms with Crippen LogP contribution in [-0.2, 0) is 4.43 Å². The molecule has 0 fully saturated rings. The molecule has 0 aromatic heterocycles. The van der Waals surface area contributed by atoms with Crippen molar-refractivity contribution in [2.45, 2.75) is 97.2 Å². The Balaban J connectivity index is 2.98. The van der Waals surface area contributed by atoms with E-state index in [1.54, 1.807) is 0 Å². The fraction of sp³-hybridized carbons (Fsp3) is 0.850. The fourth-order valence-electron chi connectivity index (χ4n) is 4.80. The van der Waals surface area contributed by atoms with Gasteiger partial charge in [0.05, 0.1) is 6.07 Å². The predicted octanol–water partition coefficient (Wildman–Crippen LogP) is 6.60. The monoisotopic (exact) mass is 335 g/mol. The lowest BCUT2D eigenvalue weighted by Gasteiger charge is -2.43. The van der Waals surface area contributed by atoms with Gasteiger partial charge in [-0.15, -0.1) is 0 Å². The zero-order chi connectivity index (χ0) is 17.6. The molecule has 2 nitrogen and oxygen atoms in total. The topological polar surface area (TPSA) is 33.0 Å². The summed E-state index contributed by atoms with van der Waals surface area (Å²) >= 11 is 0. The third-order valence-electron chi connectivity index (χ3n) is 5.77. The van der Waals surface area contributed by atoms with E-state index in [-0.39, 0.29) is 0 Å². The van der Waals surface area contributed by atoms with Crippen molar-refractivity contribution in [3.63, 3.8) is 0 Å². The molecule has 0 spiro atoms. The van der Waals surface area contributed by atoms with Crippen LogP contribution in [0.25, 0.3) is 0 Å². The predicted molar refractivity (Wildman–Crippen MR) is 102 cm³/mol. The first-order valence-electron chi connectivity index (χ1n) is 9.57. The van der Waals surface area contributed by atoms with Crippen LogP contribution in [0.5, 0.6) is 0 Å². The van der Waals surface area contributed by atoms with Crippen LogP contribution in [0.1, 0.15) is 80.6 Å². The minimum absolute atomic E-state index is 0.459. The van der Waals surface area contributed by atoms with E-state index in [9.17, 15) is 5.26 Å². The van der Waals surface area contributed by atoms with Crippen LogP contribution < -0.4 is 0 Å². The van der Waals surface area contributed by atoms with Gasteiger partial charge in [-0.1, -0.05) is 60.5 Å². The molecule has 132 valence electrons. The highest BCUT2D eigenvalue weighted by molar-refractivity contribution is 6.77. The summed E-state index contributed by atoms with van der Waals surface area (Å²) in [5, 5.41) is 9.41. The molecule has 0 N–H and O–H groups in total. The standard InChI is InChI=1S/C20H37NOSi/c1-8-10-19(20-12-9-11-18(20)13-21)14-22-23(15(2)3,16(4)5)17(6)7/h15-17,19H,8-12,14H2,1-7H3/t19-/m0/s1.